The van der Waals surface area contributed by atoms with Crippen molar-refractivity contribution in [2.45, 2.75) is 13.8 Å². The minimum absolute atomic E-state index is 0.0499. The molecule has 0 radical (unpaired) electrons. The van der Waals surface area contributed by atoms with Crippen molar-refractivity contribution in [3.8, 4) is 17.0 Å². The predicted octanol–water partition coefficient (Wildman–Crippen LogP) is 2.55. The molecule has 0 atom stereocenters. The third kappa shape index (κ3) is 2.70. The van der Waals surface area contributed by atoms with Crippen molar-refractivity contribution >= 4 is 5.97 Å². The maximum absolute atomic E-state index is 11.1. The molecule has 1 aromatic carbocycles. The molecule has 0 saturated carbocycles. The molecule has 2 rings (SSSR count). The van der Waals surface area contributed by atoms with Crippen LogP contribution in [0, 0.1) is 6.92 Å². The Morgan fingerprint density at radius 3 is 2.68 bits per heavy atom. The van der Waals surface area contributed by atoms with Crippen molar-refractivity contribution in [1.82, 2.24) is 9.97 Å². The van der Waals surface area contributed by atoms with E-state index in [0.29, 0.717) is 17.9 Å². The lowest BCUT2D eigenvalue weighted by atomic mass is 10.1. The smallest absolute Gasteiger partial charge is 0.356 e. The summed E-state index contributed by atoms with van der Waals surface area (Å²) in [6.07, 6.45) is 2.85. The number of carboxylic acid groups (broad SMARTS) is 1. The van der Waals surface area contributed by atoms with Crippen LogP contribution in [-0.2, 0) is 0 Å². The molecule has 1 heterocycles. The zero-order valence-corrected chi connectivity index (χ0v) is 10.8. The van der Waals surface area contributed by atoms with Gasteiger partial charge in [0.15, 0.2) is 5.69 Å². The first kappa shape index (κ1) is 13.0. The van der Waals surface area contributed by atoms with Crippen LogP contribution in [0.4, 0.5) is 0 Å². The van der Waals surface area contributed by atoms with Crippen LogP contribution >= 0.6 is 0 Å². The van der Waals surface area contributed by atoms with Gasteiger partial charge < -0.3 is 9.84 Å². The van der Waals surface area contributed by atoms with Gasteiger partial charge in [0.25, 0.3) is 0 Å². The number of aryl methyl sites for hydroxylation is 1. The van der Waals surface area contributed by atoms with Crippen molar-refractivity contribution in [3.63, 3.8) is 0 Å². The quantitative estimate of drug-likeness (QED) is 0.912. The van der Waals surface area contributed by atoms with Gasteiger partial charge in [-0.15, -0.1) is 0 Å². The Bertz CT molecular complexity index is 611. The van der Waals surface area contributed by atoms with E-state index in [1.807, 2.05) is 26.0 Å². The maximum Gasteiger partial charge on any atom is 0.356 e. The molecule has 98 valence electrons. The zero-order chi connectivity index (χ0) is 13.8. The van der Waals surface area contributed by atoms with Gasteiger partial charge in [0, 0.05) is 18.0 Å². The van der Waals surface area contributed by atoms with Gasteiger partial charge in [0.1, 0.15) is 11.4 Å². The first-order chi connectivity index (χ1) is 9.13. The monoisotopic (exact) mass is 258 g/mol. The van der Waals surface area contributed by atoms with Gasteiger partial charge in [-0.1, -0.05) is 0 Å². The van der Waals surface area contributed by atoms with Crippen LogP contribution in [0.1, 0.15) is 23.0 Å². The largest absolute Gasteiger partial charge is 0.494 e. The second kappa shape index (κ2) is 5.48. The summed E-state index contributed by atoms with van der Waals surface area (Å²) < 4.78 is 5.45. The van der Waals surface area contributed by atoms with Gasteiger partial charge >= 0.3 is 5.97 Å². The Kier molecular flexibility index (Phi) is 3.75. The van der Waals surface area contributed by atoms with Crippen LogP contribution in [0.15, 0.2) is 30.6 Å². The van der Waals surface area contributed by atoms with Crippen LogP contribution < -0.4 is 4.74 Å². The normalized spacial score (nSPS) is 10.2. The summed E-state index contributed by atoms with van der Waals surface area (Å²) in [5.41, 5.74) is 1.96. The number of benzene rings is 1. The Labute approximate surface area is 110 Å². The maximum atomic E-state index is 11.1. The predicted molar refractivity (Wildman–Crippen MR) is 70.3 cm³/mol. The van der Waals surface area contributed by atoms with E-state index in [1.165, 1.54) is 12.4 Å². The molecule has 5 heteroatoms. The number of aromatic nitrogens is 2. The second-order valence-electron chi connectivity index (χ2n) is 3.97. The fraction of sp³-hybridized carbons (Fsp3) is 0.214. The molecule has 1 N–H and O–H groups in total. The van der Waals surface area contributed by atoms with Gasteiger partial charge in [-0.25, -0.2) is 9.78 Å². The summed E-state index contributed by atoms with van der Waals surface area (Å²) >= 11 is 0. The molecule has 0 amide bonds. The molecule has 0 aliphatic carbocycles. The van der Waals surface area contributed by atoms with Crippen LogP contribution in [0.25, 0.3) is 11.3 Å². The zero-order valence-electron chi connectivity index (χ0n) is 10.8. The number of hydrogen-bond donors (Lipinski definition) is 1. The van der Waals surface area contributed by atoms with Crippen molar-refractivity contribution < 1.29 is 14.6 Å². The van der Waals surface area contributed by atoms with Gasteiger partial charge in [-0.3, -0.25) is 4.98 Å². The summed E-state index contributed by atoms with van der Waals surface area (Å²) in [6, 6.07) is 5.45. The van der Waals surface area contributed by atoms with Gasteiger partial charge in [-0.05, 0) is 37.6 Å². The average molecular weight is 258 g/mol. The molecule has 0 aliphatic heterocycles. The Hall–Kier alpha value is -2.43. The van der Waals surface area contributed by atoms with E-state index in [9.17, 15) is 4.79 Å². The van der Waals surface area contributed by atoms with Crippen molar-refractivity contribution in [3.05, 3.63) is 41.9 Å². The standard InChI is InChI=1S/C14H14N2O3/c1-3-19-11-5-4-10(8-9(11)2)12-13(14(17)18)16-7-6-15-12/h4-8H,3H2,1-2H3,(H,17,18). The highest BCUT2D eigenvalue weighted by Gasteiger charge is 2.15. The molecule has 19 heavy (non-hydrogen) atoms. The van der Waals surface area contributed by atoms with Crippen LogP contribution in [0.2, 0.25) is 0 Å². The lowest BCUT2D eigenvalue weighted by Gasteiger charge is -2.09. The van der Waals surface area contributed by atoms with E-state index in [-0.39, 0.29) is 5.69 Å². The molecule has 0 aliphatic rings. The molecule has 0 unspecified atom stereocenters. The van der Waals surface area contributed by atoms with E-state index >= 15 is 0 Å². The Morgan fingerprint density at radius 1 is 1.32 bits per heavy atom. The number of hydrogen-bond acceptors (Lipinski definition) is 4. The fourth-order valence-electron chi connectivity index (χ4n) is 1.82. The molecular formula is C14H14N2O3. The van der Waals surface area contributed by atoms with Gasteiger partial charge in [0.2, 0.25) is 0 Å². The highest BCUT2D eigenvalue weighted by molar-refractivity contribution is 5.92. The summed E-state index contributed by atoms with van der Waals surface area (Å²) in [4.78, 5) is 19.1. The summed E-state index contributed by atoms with van der Waals surface area (Å²) in [6.45, 7) is 4.41. The minimum Gasteiger partial charge on any atom is -0.494 e. The molecule has 0 bridgehead atoms. The second-order valence-corrected chi connectivity index (χ2v) is 3.97. The van der Waals surface area contributed by atoms with Crippen molar-refractivity contribution in [2.75, 3.05) is 6.61 Å². The summed E-state index contributed by atoms with van der Waals surface area (Å²) in [5, 5.41) is 9.11. The molecule has 0 spiro atoms. The van der Waals surface area contributed by atoms with E-state index < -0.39 is 5.97 Å². The van der Waals surface area contributed by atoms with Crippen LogP contribution in [0.3, 0.4) is 0 Å². The highest BCUT2D eigenvalue weighted by atomic mass is 16.5. The number of carboxylic acids is 1. The fourth-order valence-corrected chi connectivity index (χ4v) is 1.82. The molecular weight excluding hydrogens is 244 g/mol. The molecule has 1 aromatic heterocycles. The van der Waals surface area contributed by atoms with Crippen LogP contribution in [-0.4, -0.2) is 27.7 Å². The number of aromatic carboxylic acids is 1. The number of nitrogens with zero attached hydrogens (tertiary/aromatic N) is 2. The van der Waals surface area contributed by atoms with Crippen molar-refractivity contribution in [1.29, 1.82) is 0 Å². The average Bonchev–Trinajstić information content (AvgIpc) is 2.41. The Balaban J connectivity index is 2.48. The molecule has 2 aromatic rings. The third-order valence-corrected chi connectivity index (χ3v) is 2.65. The van der Waals surface area contributed by atoms with Gasteiger partial charge in [0.05, 0.1) is 6.61 Å². The van der Waals surface area contributed by atoms with E-state index in [0.717, 1.165) is 11.3 Å². The Morgan fingerprint density at radius 2 is 2.05 bits per heavy atom. The van der Waals surface area contributed by atoms with Crippen molar-refractivity contribution in [2.24, 2.45) is 0 Å². The molecule has 0 saturated heterocycles. The lowest BCUT2D eigenvalue weighted by Crippen LogP contribution is -2.04. The van der Waals surface area contributed by atoms with E-state index in [2.05, 4.69) is 9.97 Å². The third-order valence-electron chi connectivity index (χ3n) is 2.65. The topological polar surface area (TPSA) is 72.3 Å². The first-order valence-electron chi connectivity index (χ1n) is 5.91. The highest BCUT2D eigenvalue weighted by Crippen LogP contribution is 2.26. The molecule has 5 nitrogen and oxygen atoms in total. The summed E-state index contributed by atoms with van der Waals surface area (Å²) in [7, 11) is 0. The van der Waals surface area contributed by atoms with E-state index in [4.69, 9.17) is 9.84 Å². The number of carbonyl (C=O) groups is 1. The number of rotatable bonds is 4. The van der Waals surface area contributed by atoms with Crippen LogP contribution in [0.5, 0.6) is 5.75 Å². The van der Waals surface area contributed by atoms with Gasteiger partial charge in [-0.2, -0.15) is 0 Å². The summed E-state index contributed by atoms with van der Waals surface area (Å²) in [5.74, 6) is -0.304. The lowest BCUT2D eigenvalue weighted by molar-refractivity contribution is 0.0691. The SMILES string of the molecule is CCOc1ccc(-c2nccnc2C(=O)O)cc1C. The first-order valence-corrected chi connectivity index (χ1v) is 5.91. The van der Waals surface area contributed by atoms with E-state index in [1.54, 1.807) is 6.07 Å². The minimum atomic E-state index is -1.09. The number of ether oxygens (including phenoxy) is 1. The molecule has 0 fully saturated rings.